The van der Waals surface area contributed by atoms with Gasteiger partial charge in [-0.1, -0.05) is 11.2 Å². The number of aryl methyl sites for hydroxylation is 3. The number of carbonyl (C=O) groups excluding carboxylic acids is 1. The summed E-state index contributed by atoms with van der Waals surface area (Å²) in [6.07, 6.45) is 6.52. The number of rotatable bonds is 5. The van der Waals surface area contributed by atoms with Crippen LogP contribution >= 0.6 is 0 Å². The van der Waals surface area contributed by atoms with Crippen LogP contribution in [0.5, 0.6) is 5.75 Å². The SMILES string of the molecule is Cc1cc(C)cc(OCc2c(C(=O)NC3C4CC5CC(C4)CC3C5)noc2C)c1. The van der Waals surface area contributed by atoms with Crippen molar-refractivity contribution in [1.82, 2.24) is 10.5 Å². The van der Waals surface area contributed by atoms with E-state index in [4.69, 9.17) is 9.26 Å². The van der Waals surface area contributed by atoms with E-state index in [9.17, 15) is 4.79 Å². The Hall–Kier alpha value is -2.30. The third-order valence-corrected chi connectivity index (χ3v) is 7.30. The number of ether oxygens (including phenoxy) is 1. The van der Waals surface area contributed by atoms with Gasteiger partial charge in [-0.3, -0.25) is 4.79 Å². The molecule has 5 nitrogen and oxygen atoms in total. The van der Waals surface area contributed by atoms with E-state index >= 15 is 0 Å². The van der Waals surface area contributed by atoms with E-state index in [1.165, 1.54) is 32.1 Å². The number of hydrogen-bond donors (Lipinski definition) is 1. The zero-order chi connectivity index (χ0) is 20.1. The number of carbonyl (C=O) groups is 1. The number of amides is 1. The summed E-state index contributed by atoms with van der Waals surface area (Å²) in [5.74, 6) is 4.39. The Morgan fingerprint density at radius 3 is 2.28 bits per heavy atom. The Morgan fingerprint density at radius 1 is 1.03 bits per heavy atom. The number of nitrogens with one attached hydrogen (secondary N) is 1. The summed E-state index contributed by atoms with van der Waals surface area (Å²) in [6.45, 7) is 6.22. The van der Waals surface area contributed by atoms with Gasteiger partial charge in [-0.2, -0.15) is 0 Å². The predicted octanol–water partition coefficient (Wildman–Crippen LogP) is 4.73. The van der Waals surface area contributed by atoms with Gasteiger partial charge in [0.2, 0.25) is 0 Å². The van der Waals surface area contributed by atoms with Crippen molar-refractivity contribution in [2.24, 2.45) is 23.7 Å². The van der Waals surface area contributed by atoms with Crippen molar-refractivity contribution in [2.75, 3.05) is 0 Å². The van der Waals surface area contributed by atoms with Crippen molar-refractivity contribution in [1.29, 1.82) is 0 Å². The Labute approximate surface area is 172 Å². The molecule has 2 aromatic rings. The lowest BCUT2D eigenvalue weighted by Crippen LogP contribution is -2.55. The van der Waals surface area contributed by atoms with Crippen LogP contribution in [0.2, 0.25) is 0 Å². The van der Waals surface area contributed by atoms with E-state index in [2.05, 4.69) is 16.5 Å². The lowest BCUT2D eigenvalue weighted by molar-refractivity contribution is -0.0120. The molecule has 1 amide bonds. The fourth-order valence-corrected chi connectivity index (χ4v) is 6.29. The first-order valence-corrected chi connectivity index (χ1v) is 10.9. The minimum absolute atomic E-state index is 0.113. The van der Waals surface area contributed by atoms with E-state index in [1.54, 1.807) is 0 Å². The quantitative estimate of drug-likeness (QED) is 0.796. The van der Waals surface area contributed by atoms with Crippen molar-refractivity contribution in [3.05, 3.63) is 46.3 Å². The number of aromatic nitrogens is 1. The molecule has 0 aliphatic heterocycles. The lowest BCUT2D eigenvalue weighted by Gasteiger charge is -2.54. The molecule has 5 heteroatoms. The Balaban J connectivity index is 1.29. The summed E-state index contributed by atoms with van der Waals surface area (Å²) < 4.78 is 11.4. The highest BCUT2D eigenvalue weighted by Gasteiger charge is 2.48. The molecule has 6 rings (SSSR count). The largest absolute Gasteiger partial charge is 0.489 e. The summed E-state index contributed by atoms with van der Waals surface area (Å²) in [7, 11) is 0. The fraction of sp³-hybridized carbons (Fsp3) is 0.583. The molecule has 0 radical (unpaired) electrons. The van der Waals surface area contributed by atoms with E-state index in [0.717, 1.165) is 34.3 Å². The molecule has 1 aromatic carbocycles. The second kappa shape index (κ2) is 7.19. The molecule has 4 aliphatic carbocycles. The van der Waals surface area contributed by atoms with Crippen LogP contribution in [0.25, 0.3) is 0 Å². The first-order chi connectivity index (χ1) is 14.0. The summed E-state index contributed by atoms with van der Waals surface area (Å²) in [5, 5.41) is 7.41. The maximum absolute atomic E-state index is 13.1. The average Bonchev–Trinajstić information content (AvgIpc) is 3.02. The van der Waals surface area contributed by atoms with Crippen LogP contribution in [0.1, 0.15) is 65.0 Å². The molecule has 4 aliphatic rings. The van der Waals surface area contributed by atoms with Gasteiger partial charge in [-0.25, -0.2) is 0 Å². The summed E-state index contributed by atoms with van der Waals surface area (Å²) >= 11 is 0. The molecule has 4 fully saturated rings. The van der Waals surface area contributed by atoms with Crippen LogP contribution in [-0.4, -0.2) is 17.1 Å². The van der Waals surface area contributed by atoms with Gasteiger partial charge < -0.3 is 14.6 Å². The number of benzene rings is 1. The minimum Gasteiger partial charge on any atom is -0.489 e. The summed E-state index contributed by atoms with van der Waals surface area (Å²) in [4.78, 5) is 13.1. The standard InChI is InChI=1S/C24H30N2O3/c1-13-4-14(2)6-20(5-13)28-12-21-15(3)29-26-23(21)24(27)25-22-18-8-16-7-17(10-18)11-19(22)9-16/h4-6,16-19,22H,7-12H2,1-3H3,(H,25,27). The molecule has 1 N–H and O–H groups in total. The highest BCUT2D eigenvalue weighted by molar-refractivity contribution is 5.94. The normalized spacial score (nSPS) is 29.8. The maximum atomic E-state index is 13.1. The van der Waals surface area contributed by atoms with Crippen molar-refractivity contribution in [3.8, 4) is 5.75 Å². The molecular weight excluding hydrogens is 364 g/mol. The molecular formula is C24H30N2O3. The van der Waals surface area contributed by atoms with Gasteiger partial charge in [-0.15, -0.1) is 0 Å². The molecule has 4 bridgehead atoms. The highest BCUT2D eigenvalue weighted by Crippen LogP contribution is 2.53. The Kier molecular flexibility index (Phi) is 4.64. The van der Waals surface area contributed by atoms with Crippen molar-refractivity contribution in [3.63, 3.8) is 0 Å². The lowest BCUT2D eigenvalue weighted by atomic mass is 9.54. The van der Waals surface area contributed by atoms with E-state index < -0.39 is 0 Å². The molecule has 29 heavy (non-hydrogen) atoms. The van der Waals surface area contributed by atoms with Crippen molar-refractivity contribution in [2.45, 2.75) is 65.5 Å². The van der Waals surface area contributed by atoms with Crippen LogP contribution in [0, 0.1) is 44.4 Å². The molecule has 0 unspecified atom stereocenters. The molecule has 0 spiro atoms. The van der Waals surface area contributed by atoms with Crippen LogP contribution < -0.4 is 10.1 Å². The van der Waals surface area contributed by atoms with Gasteiger partial charge in [0.25, 0.3) is 5.91 Å². The van der Waals surface area contributed by atoms with Crippen LogP contribution in [-0.2, 0) is 6.61 Å². The zero-order valence-electron chi connectivity index (χ0n) is 17.5. The Bertz CT molecular complexity index is 884. The van der Waals surface area contributed by atoms with Crippen LogP contribution in [0.4, 0.5) is 0 Å². The molecule has 0 saturated heterocycles. The third kappa shape index (κ3) is 3.56. The van der Waals surface area contributed by atoms with Crippen LogP contribution in [0.15, 0.2) is 22.7 Å². The third-order valence-electron chi connectivity index (χ3n) is 7.30. The summed E-state index contributed by atoms with van der Waals surface area (Å²) in [5.41, 5.74) is 3.43. The first-order valence-electron chi connectivity index (χ1n) is 10.9. The number of hydrogen-bond acceptors (Lipinski definition) is 4. The topological polar surface area (TPSA) is 64.4 Å². The van der Waals surface area contributed by atoms with E-state index in [1.807, 2.05) is 32.9 Å². The van der Waals surface area contributed by atoms with Gasteiger partial charge in [-0.05, 0) is 99.8 Å². The molecule has 1 heterocycles. The van der Waals surface area contributed by atoms with E-state index in [-0.39, 0.29) is 12.5 Å². The van der Waals surface area contributed by atoms with Crippen molar-refractivity contribution >= 4 is 5.91 Å². The van der Waals surface area contributed by atoms with Gasteiger partial charge >= 0.3 is 0 Å². The fourth-order valence-electron chi connectivity index (χ4n) is 6.29. The second-order valence-corrected chi connectivity index (χ2v) is 9.61. The molecule has 154 valence electrons. The predicted molar refractivity (Wildman–Crippen MR) is 110 cm³/mol. The molecule has 4 saturated carbocycles. The Morgan fingerprint density at radius 2 is 1.66 bits per heavy atom. The number of nitrogens with zero attached hydrogens (tertiary/aromatic N) is 1. The smallest absolute Gasteiger partial charge is 0.274 e. The summed E-state index contributed by atoms with van der Waals surface area (Å²) in [6, 6.07) is 6.41. The minimum atomic E-state index is -0.113. The molecule has 1 aromatic heterocycles. The van der Waals surface area contributed by atoms with Gasteiger partial charge in [0.15, 0.2) is 5.69 Å². The first kappa shape index (κ1) is 18.7. The average molecular weight is 395 g/mol. The van der Waals surface area contributed by atoms with Crippen LogP contribution in [0.3, 0.4) is 0 Å². The van der Waals surface area contributed by atoms with Crippen molar-refractivity contribution < 1.29 is 14.1 Å². The monoisotopic (exact) mass is 394 g/mol. The second-order valence-electron chi connectivity index (χ2n) is 9.61. The zero-order valence-corrected chi connectivity index (χ0v) is 17.5. The van der Waals surface area contributed by atoms with Gasteiger partial charge in [0.1, 0.15) is 18.1 Å². The van der Waals surface area contributed by atoms with Gasteiger partial charge in [0.05, 0.1) is 5.56 Å². The van der Waals surface area contributed by atoms with Gasteiger partial charge in [0, 0.05) is 6.04 Å². The maximum Gasteiger partial charge on any atom is 0.274 e. The highest BCUT2D eigenvalue weighted by atomic mass is 16.5. The molecule has 0 atom stereocenters. The van der Waals surface area contributed by atoms with E-state index in [0.29, 0.717) is 29.3 Å².